The molecule has 196 valence electrons. The summed E-state index contributed by atoms with van der Waals surface area (Å²) in [6, 6.07) is 8.88. The van der Waals surface area contributed by atoms with E-state index in [1.54, 1.807) is 4.90 Å². The molecule has 0 spiro atoms. The van der Waals surface area contributed by atoms with Crippen LogP contribution in [0.25, 0.3) is 11.0 Å². The van der Waals surface area contributed by atoms with E-state index < -0.39 is 6.04 Å². The average Bonchev–Trinajstić information content (AvgIpc) is 3.47. The van der Waals surface area contributed by atoms with E-state index >= 15 is 0 Å². The van der Waals surface area contributed by atoms with Crippen molar-refractivity contribution in [2.75, 3.05) is 26.4 Å². The Kier molecular flexibility index (Phi) is 7.24. The second-order valence-corrected chi connectivity index (χ2v) is 9.97. The van der Waals surface area contributed by atoms with Gasteiger partial charge in [-0.2, -0.15) is 0 Å². The molecule has 7 heteroatoms. The van der Waals surface area contributed by atoms with Crippen LogP contribution in [0.2, 0.25) is 0 Å². The van der Waals surface area contributed by atoms with Gasteiger partial charge in [-0.05, 0) is 74.9 Å². The number of ether oxygens (including phenoxy) is 3. The molecule has 3 heterocycles. The summed E-state index contributed by atoms with van der Waals surface area (Å²) >= 11 is 0. The van der Waals surface area contributed by atoms with Gasteiger partial charge in [0.05, 0.1) is 36.3 Å². The largest absolute Gasteiger partial charge is 0.490 e. The topological polar surface area (TPSA) is 78.2 Å². The summed E-state index contributed by atoms with van der Waals surface area (Å²) in [4.78, 5) is 29.5. The number of aryl methyl sites for hydroxylation is 2. The zero-order valence-corrected chi connectivity index (χ0v) is 22.1. The monoisotopic (exact) mass is 505 g/mol. The van der Waals surface area contributed by atoms with Crippen LogP contribution in [0.15, 0.2) is 39.5 Å². The fourth-order valence-electron chi connectivity index (χ4n) is 5.46. The minimum Gasteiger partial charge on any atom is -0.490 e. The normalized spacial score (nSPS) is 19.0. The molecule has 2 atom stereocenters. The summed E-state index contributed by atoms with van der Waals surface area (Å²) in [6.07, 6.45) is 3.74. The Bertz CT molecular complexity index is 1370. The van der Waals surface area contributed by atoms with Gasteiger partial charge in [0.1, 0.15) is 5.58 Å². The Balaban J connectivity index is 1.65. The Morgan fingerprint density at radius 1 is 1.05 bits per heavy atom. The summed E-state index contributed by atoms with van der Waals surface area (Å²) in [7, 11) is 0. The summed E-state index contributed by atoms with van der Waals surface area (Å²) in [6.45, 7) is 10.0. The van der Waals surface area contributed by atoms with Crippen LogP contribution >= 0.6 is 0 Å². The van der Waals surface area contributed by atoms with Gasteiger partial charge in [-0.1, -0.05) is 25.5 Å². The van der Waals surface area contributed by atoms with Crippen molar-refractivity contribution in [3.8, 4) is 11.5 Å². The third-order valence-corrected chi connectivity index (χ3v) is 7.18. The van der Waals surface area contributed by atoms with Crippen LogP contribution in [0.5, 0.6) is 11.5 Å². The Hall–Kier alpha value is -3.32. The third kappa shape index (κ3) is 4.73. The number of carbonyl (C=O) groups is 1. The number of hydrogen-bond donors (Lipinski definition) is 0. The number of hydrogen-bond acceptors (Lipinski definition) is 6. The van der Waals surface area contributed by atoms with E-state index in [2.05, 4.69) is 6.92 Å². The highest BCUT2D eigenvalue weighted by Gasteiger charge is 2.44. The molecule has 1 aromatic heterocycles. The number of benzene rings is 2. The Morgan fingerprint density at radius 2 is 1.89 bits per heavy atom. The number of rotatable bonds is 9. The highest BCUT2D eigenvalue weighted by Crippen LogP contribution is 2.42. The van der Waals surface area contributed by atoms with Crippen molar-refractivity contribution < 1.29 is 23.4 Å². The minimum atomic E-state index is -0.600. The van der Waals surface area contributed by atoms with Crippen molar-refractivity contribution in [3.63, 3.8) is 0 Å². The van der Waals surface area contributed by atoms with E-state index in [1.807, 2.05) is 51.1 Å². The molecule has 0 aliphatic carbocycles. The SMILES string of the molecule is CCCCOc1ccc(C2c3c(oc4cc(C)cc(C)c4c3=O)C(=O)N2CC2CCCO2)cc1OCC. The zero-order valence-electron chi connectivity index (χ0n) is 22.1. The quantitative estimate of drug-likeness (QED) is 0.347. The van der Waals surface area contributed by atoms with Gasteiger partial charge in [0.2, 0.25) is 5.76 Å². The van der Waals surface area contributed by atoms with Crippen LogP contribution in [-0.4, -0.2) is 43.3 Å². The highest BCUT2D eigenvalue weighted by atomic mass is 16.5. The molecular formula is C30H35NO6. The lowest BCUT2D eigenvalue weighted by Gasteiger charge is -2.28. The van der Waals surface area contributed by atoms with Gasteiger partial charge >= 0.3 is 0 Å². The first-order valence-electron chi connectivity index (χ1n) is 13.3. The first-order chi connectivity index (χ1) is 17.9. The summed E-state index contributed by atoms with van der Waals surface area (Å²) in [5.74, 6) is 1.10. The van der Waals surface area contributed by atoms with Crippen molar-refractivity contribution in [2.24, 2.45) is 0 Å². The van der Waals surface area contributed by atoms with Gasteiger partial charge in [-0.15, -0.1) is 0 Å². The van der Waals surface area contributed by atoms with Gasteiger partial charge in [-0.3, -0.25) is 9.59 Å². The molecule has 0 saturated carbocycles. The van der Waals surface area contributed by atoms with Gasteiger partial charge in [0.25, 0.3) is 5.91 Å². The Morgan fingerprint density at radius 3 is 2.62 bits per heavy atom. The van der Waals surface area contributed by atoms with Crippen LogP contribution in [0, 0.1) is 13.8 Å². The molecule has 1 amide bonds. The van der Waals surface area contributed by atoms with E-state index in [1.165, 1.54) is 0 Å². The van der Waals surface area contributed by atoms with Gasteiger partial charge < -0.3 is 23.5 Å². The first-order valence-corrected chi connectivity index (χ1v) is 13.3. The molecule has 2 aliphatic rings. The molecule has 1 saturated heterocycles. The predicted octanol–water partition coefficient (Wildman–Crippen LogP) is 5.71. The number of amides is 1. The maximum absolute atomic E-state index is 14.0. The molecule has 37 heavy (non-hydrogen) atoms. The van der Waals surface area contributed by atoms with Crippen LogP contribution in [-0.2, 0) is 4.74 Å². The lowest BCUT2D eigenvalue weighted by atomic mass is 9.96. The lowest BCUT2D eigenvalue weighted by Crippen LogP contribution is -2.36. The van der Waals surface area contributed by atoms with E-state index in [0.717, 1.165) is 42.4 Å². The second kappa shape index (κ2) is 10.6. The van der Waals surface area contributed by atoms with Gasteiger partial charge in [0.15, 0.2) is 16.9 Å². The summed E-state index contributed by atoms with van der Waals surface area (Å²) in [5.41, 5.74) is 3.26. The van der Waals surface area contributed by atoms with Crippen molar-refractivity contribution >= 4 is 16.9 Å². The fourth-order valence-corrected chi connectivity index (χ4v) is 5.46. The smallest absolute Gasteiger partial charge is 0.291 e. The standard InChI is InChI=1S/C30H35NO6/c1-5-7-12-36-22-11-10-20(16-23(22)34-6-2)27-26-28(32)25-19(4)14-18(3)15-24(25)37-29(26)30(33)31(27)17-21-9-8-13-35-21/h10-11,14-16,21,27H,5-9,12-13,17H2,1-4H3. The summed E-state index contributed by atoms with van der Waals surface area (Å²) < 4.78 is 24.0. The molecule has 0 N–H and O–H groups in total. The van der Waals surface area contributed by atoms with Crippen molar-refractivity contribution in [1.82, 2.24) is 4.90 Å². The first kappa shape index (κ1) is 25.3. The van der Waals surface area contributed by atoms with Gasteiger partial charge in [-0.25, -0.2) is 0 Å². The minimum absolute atomic E-state index is 0.0720. The maximum atomic E-state index is 14.0. The number of fused-ring (bicyclic) bond motifs is 2. The molecule has 2 unspecified atom stereocenters. The van der Waals surface area contributed by atoms with E-state index in [0.29, 0.717) is 54.4 Å². The molecule has 0 radical (unpaired) electrons. The number of unbranched alkanes of at least 4 members (excludes halogenated alkanes) is 1. The average molecular weight is 506 g/mol. The molecule has 2 aromatic carbocycles. The van der Waals surface area contributed by atoms with Crippen molar-refractivity contribution in [2.45, 2.75) is 65.5 Å². The van der Waals surface area contributed by atoms with Crippen LogP contribution in [0.4, 0.5) is 0 Å². The highest BCUT2D eigenvalue weighted by molar-refractivity contribution is 5.99. The second-order valence-electron chi connectivity index (χ2n) is 9.97. The van der Waals surface area contributed by atoms with Gasteiger partial charge in [0, 0.05) is 13.2 Å². The van der Waals surface area contributed by atoms with E-state index in [9.17, 15) is 9.59 Å². The molecule has 3 aromatic rings. The predicted molar refractivity (Wildman–Crippen MR) is 142 cm³/mol. The molecule has 2 aliphatic heterocycles. The van der Waals surface area contributed by atoms with Crippen molar-refractivity contribution in [3.05, 3.63) is 68.6 Å². The lowest BCUT2D eigenvalue weighted by molar-refractivity contribution is 0.0486. The van der Waals surface area contributed by atoms with Crippen LogP contribution in [0.3, 0.4) is 0 Å². The summed E-state index contributed by atoms with van der Waals surface area (Å²) in [5, 5.41) is 0.519. The molecule has 1 fully saturated rings. The van der Waals surface area contributed by atoms with Crippen LogP contribution in [0.1, 0.15) is 78.4 Å². The zero-order chi connectivity index (χ0) is 26.1. The number of nitrogens with zero attached hydrogens (tertiary/aromatic N) is 1. The van der Waals surface area contributed by atoms with E-state index in [-0.39, 0.29) is 23.2 Å². The van der Waals surface area contributed by atoms with Crippen LogP contribution < -0.4 is 14.9 Å². The maximum Gasteiger partial charge on any atom is 0.291 e. The molecule has 7 nitrogen and oxygen atoms in total. The van der Waals surface area contributed by atoms with E-state index in [4.69, 9.17) is 18.6 Å². The fraction of sp³-hybridized carbons (Fsp3) is 0.467. The third-order valence-electron chi connectivity index (χ3n) is 7.18. The molecular weight excluding hydrogens is 470 g/mol. The number of carbonyl (C=O) groups excluding carboxylic acids is 1. The molecule has 0 bridgehead atoms. The van der Waals surface area contributed by atoms with Crippen molar-refractivity contribution in [1.29, 1.82) is 0 Å². The Labute approximate surface area is 217 Å². The molecule has 5 rings (SSSR count).